The van der Waals surface area contributed by atoms with Gasteiger partial charge in [0, 0.05) is 32.1 Å². The van der Waals surface area contributed by atoms with Gasteiger partial charge in [0.1, 0.15) is 46.8 Å². The third-order valence-electron chi connectivity index (χ3n) is 14.5. The molecule has 82 heavy (non-hydrogen) atoms. The van der Waals surface area contributed by atoms with Crippen molar-refractivity contribution < 1.29 is 53.1 Å². The molecule has 1 aliphatic rings. The lowest BCUT2D eigenvalue weighted by Gasteiger charge is -2.34. The number of unbranched alkanes of at least 4 members (excludes halogenated alkanes) is 5. The highest BCUT2D eigenvalue weighted by atomic mass is 16.3. The molecule has 470 valence electrons. The first-order chi connectivity index (χ1) is 38.0. The first-order valence-electron chi connectivity index (χ1n) is 30.1. The zero-order chi connectivity index (χ0) is 62.9. The predicted molar refractivity (Wildman–Crippen MR) is 319 cm³/mol. The van der Waals surface area contributed by atoms with Gasteiger partial charge in [-0.1, -0.05) is 113 Å². The molecule has 0 aromatic heterocycles. The van der Waals surface area contributed by atoms with E-state index in [2.05, 4.69) is 54.8 Å². The number of likely N-dealkylation sites (N-methyl/N-ethyl adjacent to an activating group) is 1. The Balaban J connectivity index is 3.32. The number of hydrogen-bond donors (Lipinski definition) is 10. The Kier molecular flexibility index (Phi) is 32.2. The van der Waals surface area contributed by atoms with Crippen molar-refractivity contribution in [1.82, 2.24) is 57.7 Å². The lowest BCUT2D eigenvalue weighted by molar-refractivity contribution is -0.140. The molecule has 1 heterocycles. The Morgan fingerprint density at radius 1 is 0.622 bits per heavy atom. The molecule has 22 heteroatoms. The molecule has 7 unspecified atom stereocenters. The molecule has 0 aliphatic carbocycles. The summed E-state index contributed by atoms with van der Waals surface area (Å²) in [5, 5.41) is 36.2. The van der Waals surface area contributed by atoms with Crippen LogP contribution in [0.3, 0.4) is 0 Å². The minimum absolute atomic E-state index is 0.0210. The summed E-state index contributed by atoms with van der Waals surface area (Å²) in [4.78, 5) is 141. The fourth-order valence-electron chi connectivity index (χ4n) is 9.25. The normalized spacial score (nSPS) is 16.6. The second-order valence-corrected chi connectivity index (χ2v) is 25.7. The third-order valence-corrected chi connectivity index (χ3v) is 14.5. The number of aliphatic hydroxyl groups excluding tert-OH is 1. The minimum Gasteiger partial charge on any atom is -0.390 e. The lowest BCUT2D eigenvalue weighted by Crippen LogP contribution is -2.66. The van der Waals surface area contributed by atoms with E-state index in [9.17, 15) is 53.1 Å². The number of rotatable bonds is 37. The topological polar surface area (TPSA) is 306 Å². The van der Waals surface area contributed by atoms with Crippen LogP contribution in [0.25, 0.3) is 0 Å². The minimum atomic E-state index is -1.75. The number of carbonyl (C=O) groups excluding carboxylic acids is 10. The van der Waals surface area contributed by atoms with Gasteiger partial charge in [-0.15, -0.1) is 0 Å². The Bertz CT molecular complexity index is 2140. The summed E-state index contributed by atoms with van der Waals surface area (Å²) in [6.45, 7) is 28.4. The second-order valence-electron chi connectivity index (χ2n) is 25.7. The van der Waals surface area contributed by atoms with E-state index in [1.807, 2.05) is 73.5 Å². The fraction of sp³-hybridized carbons (Fsp3) is 0.800. The van der Waals surface area contributed by atoms with Crippen LogP contribution in [-0.4, -0.2) is 167 Å². The summed E-state index contributed by atoms with van der Waals surface area (Å²) in [6.07, 6.45) is 9.65. The summed E-state index contributed by atoms with van der Waals surface area (Å²) in [5.41, 5.74) is -4.81. The molecule has 0 spiro atoms. The Hall–Kier alpha value is -5.64. The first-order valence-corrected chi connectivity index (χ1v) is 30.1. The number of aliphatic hydroxyl groups is 1. The highest BCUT2D eigenvalue weighted by Crippen LogP contribution is 2.21. The molecular weight excluding hydrogens is 1050 g/mol. The van der Waals surface area contributed by atoms with E-state index < -0.39 is 106 Å². The zero-order valence-corrected chi connectivity index (χ0v) is 53.2. The molecule has 10 N–H and O–H groups in total. The van der Waals surface area contributed by atoms with Crippen molar-refractivity contribution in [2.24, 2.45) is 23.7 Å². The quantitative estimate of drug-likeness (QED) is 0.0315. The van der Waals surface area contributed by atoms with Gasteiger partial charge in [-0.3, -0.25) is 47.9 Å². The van der Waals surface area contributed by atoms with Crippen LogP contribution in [0.1, 0.15) is 194 Å². The van der Waals surface area contributed by atoms with Crippen molar-refractivity contribution >= 4 is 59.1 Å². The van der Waals surface area contributed by atoms with Crippen LogP contribution in [-0.2, 0) is 47.9 Å². The van der Waals surface area contributed by atoms with Crippen LogP contribution in [0.4, 0.5) is 0 Å². The summed E-state index contributed by atoms with van der Waals surface area (Å²) >= 11 is 0. The van der Waals surface area contributed by atoms with Gasteiger partial charge in [-0.25, -0.2) is 0 Å². The van der Waals surface area contributed by atoms with E-state index in [4.69, 9.17) is 0 Å². The van der Waals surface area contributed by atoms with E-state index in [0.29, 0.717) is 32.4 Å². The molecule has 10 amide bonds. The maximum atomic E-state index is 14.3. The molecule has 0 radical (unpaired) electrons. The molecule has 1 fully saturated rings. The highest BCUT2D eigenvalue weighted by molar-refractivity contribution is 6.00. The molecule has 0 aromatic carbocycles. The summed E-state index contributed by atoms with van der Waals surface area (Å²) in [7, 11) is 3.79. The molecule has 0 bridgehead atoms. The molecule has 1 rings (SSSR count). The summed E-state index contributed by atoms with van der Waals surface area (Å²) in [6, 6.07) is -6.03. The average molecular weight is 1160 g/mol. The number of carbonyl (C=O) groups is 10. The Morgan fingerprint density at radius 3 is 1.72 bits per heavy atom. The predicted octanol–water partition coefficient (Wildman–Crippen LogP) is 3.64. The van der Waals surface area contributed by atoms with E-state index in [0.717, 1.165) is 38.5 Å². The number of allylic oxidation sites excluding steroid dienone is 1. The van der Waals surface area contributed by atoms with Crippen LogP contribution in [0, 0.1) is 23.7 Å². The maximum absolute atomic E-state index is 14.3. The van der Waals surface area contributed by atoms with E-state index >= 15 is 0 Å². The molecule has 1 saturated heterocycles. The Labute approximate surface area is 490 Å². The van der Waals surface area contributed by atoms with Crippen molar-refractivity contribution in [2.75, 3.05) is 33.7 Å². The third kappa shape index (κ3) is 26.7. The monoisotopic (exact) mass is 1160 g/mol. The largest absolute Gasteiger partial charge is 0.390 e. The zero-order valence-electron chi connectivity index (χ0n) is 53.2. The van der Waals surface area contributed by atoms with Gasteiger partial charge in [0.25, 0.3) is 0 Å². The van der Waals surface area contributed by atoms with E-state index in [-0.39, 0.29) is 67.8 Å². The fourth-order valence-corrected chi connectivity index (χ4v) is 9.25. The number of likely N-dealkylation sites (tertiary alicyclic amines) is 1. The van der Waals surface area contributed by atoms with Gasteiger partial charge in [-0.2, -0.15) is 0 Å². The van der Waals surface area contributed by atoms with Gasteiger partial charge in [0.15, 0.2) is 0 Å². The van der Waals surface area contributed by atoms with Gasteiger partial charge in [0.2, 0.25) is 59.1 Å². The van der Waals surface area contributed by atoms with Crippen molar-refractivity contribution in [3.63, 3.8) is 0 Å². The van der Waals surface area contributed by atoms with Crippen LogP contribution < -0.4 is 47.9 Å². The molecule has 0 aromatic rings. The SMILES string of the molecule is CCCCCCCCC(NC(=O)[C@@H]1CCCN1C(=O)/C=C/C(C)CC)C(=O)NC(C(=O)NC(C)(C)C(=O)NC(CC(C)C)C(=O)NC(CC(C)C)C(=O)NC(C)(C)C(=O)NC(C)(C)C(=O)NCCC(=O)NC(C)CN(C)C)C(O)C(C)C. The standard InChI is InChI=1S/C60H109N11O11/c1-19-21-22-23-24-25-27-42(63-53(78)45-28-26-33-71(45)47(73)30-29-40(9)20-2)50(75)66-48(49(74)39(7)8)54(79)68-59(13,14)56(81)65-43(34-37(3)4)51(76)64-44(35-38(5)6)52(77)67-60(15,16)57(82)69-58(11,12)55(80)61-32-31-46(72)62-41(10)36-70(17)18/h29-30,37-45,48-49,74H,19-28,31-36H2,1-18H3,(H,61,80)(H,62,72)(H,63,78)(H,64,76)(H,65,81)(H,66,75)(H,67,77)(H,68,79)(H,69,82)/b30-29+/t40?,41?,42?,43?,44?,45-,48?,49?/m0/s1. The highest BCUT2D eigenvalue weighted by Gasteiger charge is 2.42. The van der Waals surface area contributed by atoms with Gasteiger partial charge < -0.3 is 62.8 Å². The van der Waals surface area contributed by atoms with Gasteiger partial charge in [-0.05, 0) is 124 Å². The number of amides is 10. The number of hydrogen-bond acceptors (Lipinski definition) is 12. The molecule has 8 atom stereocenters. The molecule has 0 saturated carbocycles. The molecule has 1 aliphatic heterocycles. The van der Waals surface area contributed by atoms with Gasteiger partial charge in [0.05, 0.1) is 6.10 Å². The Morgan fingerprint density at radius 2 is 1.16 bits per heavy atom. The second kappa shape index (κ2) is 35.5. The summed E-state index contributed by atoms with van der Waals surface area (Å²) in [5.74, 6) is -6.78. The van der Waals surface area contributed by atoms with Crippen LogP contribution in [0.2, 0.25) is 0 Å². The van der Waals surface area contributed by atoms with E-state index in [1.54, 1.807) is 13.8 Å². The number of nitrogens with zero attached hydrogens (tertiary/aromatic N) is 2. The average Bonchev–Trinajstić information content (AvgIpc) is 3.94. The number of nitrogens with one attached hydrogen (secondary N) is 9. The van der Waals surface area contributed by atoms with Crippen LogP contribution >= 0.6 is 0 Å². The molecule has 22 nitrogen and oxygen atoms in total. The van der Waals surface area contributed by atoms with Crippen molar-refractivity contribution in [3.8, 4) is 0 Å². The smallest absolute Gasteiger partial charge is 0.246 e. The van der Waals surface area contributed by atoms with Gasteiger partial charge >= 0.3 is 0 Å². The summed E-state index contributed by atoms with van der Waals surface area (Å²) < 4.78 is 0. The molecular formula is C60H109N11O11. The lowest BCUT2D eigenvalue weighted by atomic mass is 9.95. The van der Waals surface area contributed by atoms with Crippen LogP contribution in [0.15, 0.2) is 12.2 Å². The van der Waals surface area contributed by atoms with E-state index in [1.165, 1.54) is 52.5 Å². The maximum Gasteiger partial charge on any atom is 0.246 e. The van der Waals surface area contributed by atoms with Crippen LogP contribution in [0.5, 0.6) is 0 Å². The van der Waals surface area contributed by atoms with Crippen molar-refractivity contribution in [1.29, 1.82) is 0 Å². The van der Waals surface area contributed by atoms with Crippen molar-refractivity contribution in [2.45, 2.75) is 253 Å². The first kappa shape index (κ1) is 74.4. The van der Waals surface area contributed by atoms with Crippen molar-refractivity contribution in [3.05, 3.63) is 12.2 Å².